The van der Waals surface area contributed by atoms with E-state index in [1.54, 1.807) is 24.8 Å². The molecule has 6 fully saturated rings. The summed E-state index contributed by atoms with van der Waals surface area (Å²) in [5.41, 5.74) is 7.67. The van der Waals surface area contributed by atoms with Crippen LogP contribution in [0, 0.1) is 19.8 Å². The monoisotopic (exact) mass is 1210 g/mol. The second-order valence-electron chi connectivity index (χ2n) is 24.1. The lowest BCUT2D eigenvalue weighted by Gasteiger charge is -2.28. The average molecular weight is 1210 g/mol. The third-order valence-corrected chi connectivity index (χ3v) is 15.7. The number of benzene rings is 1. The van der Waals surface area contributed by atoms with Gasteiger partial charge in [-0.1, -0.05) is 142 Å². The van der Waals surface area contributed by atoms with E-state index >= 15 is 0 Å². The standard InChI is InChI=1S/C10H15N.C8H16.3C7H10N2.C6H14N2.C6H13N.C5H12N2.2C5H11N.C4H10.C3H8/c1-8-4-5-10(7-11-3)6-9(8)2;1-2-8-6-4-3-5-7-8;1-8-6-7-2-4-9-5-3-7;1-8-5-7-3-2-4-9-6-7;1-8-6-7-4-2-3-5-9-7;1-7-3-5-8(2)6-4-7;1-7-6-4-2-3-5-6;1-7-4-2-6-3-5-7;1-6-4-2-3-5-6;1-6-5-3-2-4-5;1-3-4-2;1-3-2/h4-6,11H,7H2,1-3H3;8H,2-7H2,1H3;2-5,8H,6H2,1H3;2-4,6,8H,5H2,1H3;2-5,8H,6H2,1H3;3-6H2,1-2H3;6-7H,2-5H2,1H3;6H,2-5H2,1H3;2-5H2,1H3;5-6H,2-4H2,1H3;3-4H2,1-2H3;3H2,1-2H3. The number of piperazine rings is 2. The predicted molar refractivity (Wildman–Crippen MR) is 383 cm³/mol. The number of hydrogen-bond acceptors (Lipinski definition) is 14. The number of rotatable bonds is 12. The van der Waals surface area contributed by atoms with Gasteiger partial charge in [-0.15, -0.1) is 0 Å². The maximum absolute atomic E-state index is 4.11. The van der Waals surface area contributed by atoms with Crippen molar-refractivity contribution in [2.24, 2.45) is 5.92 Å². The molecule has 3 aliphatic heterocycles. The number of nitrogens with zero attached hydrogens (tertiary/aromatic N) is 7. The Bertz CT molecular complexity index is 1820. The molecule has 502 valence electrons. The summed E-state index contributed by atoms with van der Waals surface area (Å²) in [6.45, 7) is 31.1. The number of likely N-dealkylation sites (tertiary alicyclic amines) is 1. The Labute approximate surface area is 538 Å². The van der Waals surface area contributed by atoms with Crippen LogP contribution in [0.4, 0.5) is 0 Å². The van der Waals surface area contributed by atoms with Gasteiger partial charge in [0.2, 0.25) is 0 Å². The molecule has 3 saturated heterocycles. The van der Waals surface area contributed by atoms with Crippen LogP contribution in [0.3, 0.4) is 0 Å². The van der Waals surface area contributed by atoms with Gasteiger partial charge in [0.15, 0.2) is 0 Å². The quantitative estimate of drug-likeness (QED) is 0.0725. The minimum atomic E-state index is 0.847. The number of hydrogen-bond donors (Lipinski definition) is 7. The van der Waals surface area contributed by atoms with E-state index in [9.17, 15) is 0 Å². The van der Waals surface area contributed by atoms with Crippen LogP contribution < -0.4 is 37.2 Å². The van der Waals surface area contributed by atoms with E-state index in [1.165, 1.54) is 196 Å². The molecular formula is C73H140N14. The van der Waals surface area contributed by atoms with Crippen LogP contribution in [-0.2, 0) is 26.2 Å². The Morgan fingerprint density at radius 1 is 0.437 bits per heavy atom. The molecule has 0 spiro atoms. The van der Waals surface area contributed by atoms with Gasteiger partial charge in [0.1, 0.15) is 0 Å². The van der Waals surface area contributed by atoms with Crippen LogP contribution in [0.25, 0.3) is 0 Å². The maximum atomic E-state index is 4.11. The van der Waals surface area contributed by atoms with E-state index in [4.69, 9.17) is 0 Å². The fourth-order valence-corrected chi connectivity index (χ4v) is 9.28. The summed E-state index contributed by atoms with van der Waals surface area (Å²) in [4.78, 5) is 21.4. The number of unbranched alkanes of at least 4 members (excludes halogenated alkanes) is 1. The van der Waals surface area contributed by atoms with Crippen molar-refractivity contribution in [1.29, 1.82) is 0 Å². The van der Waals surface area contributed by atoms with Crippen molar-refractivity contribution >= 4 is 0 Å². The van der Waals surface area contributed by atoms with Gasteiger partial charge in [0, 0.05) is 122 Å². The van der Waals surface area contributed by atoms with Crippen LogP contribution in [0.15, 0.2) is 91.6 Å². The number of pyridine rings is 3. The van der Waals surface area contributed by atoms with Crippen LogP contribution >= 0.6 is 0 Å². The van der Waals surface area contributed by atoms with E-state index in [0.717, 1.165) is 63.0 Å². The highest BCUT2D eigenvalue weighted by Gasteiger charge is 2.14. The van der Waals surface area contributed by atoms with Crippen LogP contribution in [0.5, 0.6) is 0 Å². The van der Waals surface area contributed by atoms with Gasteiger partial charge < -0.3 is 56.8 Å². The predicted octanol–water partition coefficient (Wildman–Crippen LogP) is 12.6. The van der Waals surface area contributed by atoms with Crippen LogP contribution in [-0.4, -0.2) is 183 Å². The van der Waals surface area contributed by atoms with Crippen molar-refractivity contribution in [3.05, 3.63) is 125 Å². The molecule has 3 saturated carbocycles. The van der Waals surface area contributed by atoms with Crippen molar-refractivity contribution in [3.8, 4) is 0 Å². The van der Waals surface area contributed by atoms with Gasteiger partial charge in [0.05, 0.1) is 5.69 Å². The van der Waals surface area contributed by atoms with Crippen molar-refractivity contribution in [1.82, 2.24) is 71.8 Å². The molecular weight excluding hydrogens is 1070 g/mol. The number of aryl methyl sites for hydroxylation is 2. The maximum Gasteiger partial charge on any atom is 0.0541 e. The largest absolute Gasteiger partial charge is 0.317 e. The zero-order chi connectivity index (χ0) is 64.8. The molecule has 6 aliphatic rings. The summed E-state index contributed by atoms with van der Waals surface area (Å²) in [5, 5.41) is 22.0. The van der Waals surface area contributed by atoms with Crippen LogP contribution in [0.2, 0.25) is 0 Å². The summed E-state index contributed by atoms with van der Waals surface area (Å²) in [5.74, 6) is 1.09. The fourth-order valence-electron chi connectivity index (χ4n) is 9.28. The third-order valence-electron chi connectivity index (χ3n) is 15.7. The molecule has 14 nitrogen and oxygen atoms in total. The van der Waals surface area contributed by atoms with Gasteiger partial charge >= 0.3 is 0 Å². The zero-order valence-corrected chi connectivity index (χ0v) is 59.7. The normalized spacial score (nSPS) is 16.7. The molecule has 14 heteroatoms. The SMILES string of the molecule is CCC.CCC1CCCCC1.CCCC.CN1CCCC1.CN1CCN(C)CC1.CN1CCNCC1.CNC1CCC1.CNC1CCCC1.CNCc1ccc(C)c(C)c1.CNCc1ccccn1.CNCc1cccnc1.CNCc1ccncc1. The van der Waals surface area contributed by atoms with Gasteiger partial charge in [-0.05, 0) is 200 Å². The number of aromatic nitrogens is 3. The molecule has 3 aliphatic carbocycles. The molecule has 0 radical (unpaired) electrons. The zero-order valence-electron chi connectivity index (χ0n) is 59.7. The first-order valence-electron chi connectivity index (χ1n) is 34.4. The van der Waals surface area contributed by atoms with Crippen molar-refractivity contribution in [2.45, 2.75) is 202 Å². The first-order chi connectivity index (χ1) is 42.2. The fraction of sp³-hybridized carbons (Fsp3) is 0.712. The van der Waals surface area contributed by atoms with Crippen LogP contribution in [0.1, 0.15) is 184 Å². The molecule has 0 unspecified atom stereocenters. The summed E-state index contributed by atoms with van der Waals surface area (Å²) < 4.78 is 0. The van der Waals surface area contributed by atoms with E-state index in [-0.39, 0.29) is 0 Å². The highest BCUT2D eigenvalue weighted by atomic mass is 15.2. The summed E-state index contributed by atoms with van der Waals surface area (Å²) in [6.07, 6.45) is 34.6. The molecule has 1 aromatic carbocycles. The van der Waals surface area contributed by atoms with E-state index in [2.05, 4.69) is 174 Å². The second-order valence-corrected chi connectivity index (χ2v) is 24.1. The Kier molecular flexibility index (Phi) is 62.5. The van der Waals surface area contributed by atoms with E-state index < -0.39 is 0 Å². The molecule has 0 bridgehead atoms. The Balaban J connectivity index is 0. The molecule has 4 aromatic rings. The third kappa shape index (κ3) is 54.9. The summed E-state index contributed by atoms with van der Waals surface area (Å²) >= 11 is 0. The first-order valence-corrected chi connectivity index (χ1v) is 34.4. The molecule has 0 atom stereocenters. The Morgan fingerprint density at radius 2 is 0.920 bits per heavy atom. The van der Waals surface area contributed by atoms with Crippen molar-refractivity contribution < 1.29 is 0 Å². The Morgan fingerprint density at radius 3 is 1.28 bits per heavy atom. The molecule has 10 rings (SSSR count). The Hall–Kier alpha value is -3.77. The highest BCUT2D eigenvalue weighted by molar-refractivity contribution is 5.29. The van der Waals surface area contributed by atoms with E-state index in [1.807, 2.05) is 83.9 Å². The number of nitrogens with one attached hydrogen (secondary N) is 7. The van der Waals surface area contributed by atoms with Gasteiger partial charge in [0.25, 0.3) is 0 Å². The molecule has 7 N–H and O–H groups in total. The summed E-state index contributed by atoms with van der Waals surface area (Å²) in [6, 6.07) is 22.1. The topological polar surface area (TPSA) is 136 Å². The lowest BCUT2D eigenvalue weighted by Crippen LogP contribution is -2.42. The van der Waals surface area contributed by atoms with Crippen molar-refractivity contribution in [2.75, 3.05) is 136 Å². The highest BCUT2D eigenvalue weighted by Crippen LogP contribution is 2.25. The minimum absolute atomic E-state index is 0.847. The molecule has 6 heterocycles. The first kappa shape index (κ1) is 85.3. The minimum Gasteiger partial charge on any atom is -0.317 e. The lowest BCUT2D eigenvalue weighted by atomic mass is 9.88. The average Bonchev–Trinajstić information content (AvgIpc) is 4.42. The molecule has 3 aromatic heterocycles. The van der Waals surface area contributed by atoms with Gasteiger partial charge in [-0.25, -0.2) is 0 Å². The summed E-state index contributed by atoms with van der Waals surface area (Å²) in [7, 11) is 20.5. The number of likely N-dealkylation sites (N-methyl/N-ethyl adjacent to an activating group) is 3. The van der Waals surface area contributed by atoms with E-state index in [0.29, 0.717) is 0 Å². The van der Waals surface area contributed by atoms with Crippen molar-refractivity contribution in [3.63, 3.8) is 0 Å². The molecule has 87 heavy (non-hydrogen) atoms. The lowest BCUT2D eigenvalue weighted by molar-refractivity contribution is 0.181. The second kappa shape index (κ2) is 63.8. The smallest absolute Gasteiger partial charge is 0.0541 e. The molecule has 0 amide bonds. The van der Waals surface area contributed by atoms with Gasteiger partial charge in [-0.2, -0.15) is 0 Å². The van der Waals surface area contributed by atoms with Gasteiger partial charge in [-0.3, -0.25) is 15.0 Å².